The molecule has 0 bridgehead atoms. The molecule has 0 atom stereocenters. The number of hydrogen-bond donors (Lipinski definition) is 1. The van der Waals surface area contributed by atoms with Crippen molar-refractivity contribution >= 4 is 17.4 Å². The van der Waals surface area contributed by atoms with Crippen molar-refractivity contribution in [1.29, 1.82) is 0 Å². The maximum Gasteiger partial charge on any atom is 0.242 e. The zero-order valence-electron chi connectivity index (χ0n) is 13.7. The zero-order chi connectivity index (χ0) is 16.9. The van der Waals surface area contributed by atoms with Gasteiger partial charge in [-0.15, -0.1) is 0 Å². The van der Waals surface area contributed by atoms with Crippen LogP contribution in [0.3, 0.4) is 0 Å². The van der Waals surface area contributed by atoms with Crippen LogP contribution in [0.25, 0.3) is 11.1 Å². The van der Waals surface area contributed by atoms with E-state index in [0.717, 1.165) is 28.2 Å². The largest absolute Gasteiger partial charge is 0.273 e. The van der Waals surface area contributed by atoms with E-state index in [-0.39, 0.29) is 5.91 Å². The Bertz CT molecular complexity index is 913. The van der Waals surface area contributed by atoms with Gasteiger partial charge in [0, 0.05) is 24.0 Å². The molecule has 6 nitrogen and oxygen atoms in total. The molecular weight excluding hydrogens is 302 g/mol. The van der Waals surface area contributed by atoms with E-state index in [9.17, 15) is 4.79 Å². The smallest absolute Gasteiger partial charge is 0.242 e. The van der Waals surface area contributed by atoms with Gasteiger partial charge in [0.2, 0.25) is 5.91 Å². The van der Waals surface area contributed by atoms with Crippen molar-refractivity contribution in [2.45, 2.75) is 26.2 Å². The molecule has 3 aromatic rings. The summed E-state index contributed by atoms with van der Waals surface area (Å²) < 4.78 is 0. The number of nitrogens with zero attached hydrogens (tertiary/aromatic N) is 4. The second-order valence-corrected chi connectivity index (χ2v) is 6.46. The molecule has 4 rings (SSSR count). The van der Waals surface area contributed by atoms with Gasteiger partial charge in [-0.1, -0.05) is 12.1 Å². The summed E-state index contributed by atoms with van der Waals surface area (Å²) in [4.78, 5) is 23.1. The molecule has 6 heteroatoms. The number of amides is 1. The molecule has 0 saturated carbocycles. The molecule has 0 radical (unpaired) electrons. The average Bonchev–Trinajstić information content (AvgIpc) is 3.15. The molecule has 0 fully saturated rings. The summed E-state index contributed by atoms with van der Waals surface area (Å²) in [6, 6.07) is 7.83. The molecule has 1 aliphatic rings. The minimum atomic E-state index is -0.581. The summed E-state index contributed by atoms with van der Waals surface area (Å²) in [7, 11) is 0. The number of fused-ring (bicyclic) bond motifs is 1. The Kier molecular flexibility index (Phi) is 3.03. The molecule has 0 aliphatic carbocycles. The van der Waals surface area contributed by atoms with Crippen molar-refractivity contribution in [2.75, 3.05) is 4.90 Å². The van der Waals surface area contributed by atoms with Crippen LogP contribution in [-0.2, 0) is 10.2 Å². The lowest BCUT2D eigenvalue weighted by Gasteiger charge is -2.18. The van der Waals surface area contributed by atoms with Crippen molar-refractivity contribution in [2.24, 2.45) is 0 Å². The molecular formula is C18H17N5O. The van der Waals surface area contributed by atoms with E-state index in [0.29, 0.717) is 5.82 Å². The first-order chi connectivity index (χ1) is 11.5. The standard InChI is InChI=1S/C18H17N5O/c1-11-19-9-13(10-20-11)12-4-5-14-15(8-12)23(16-6-7-21-22-16)17(24)18(14,2)3/h4-10H,1-3H3,(H,21,22). The van der Waals surface area contributed by atoms with Crippen molar-refractivity contribution in [3.05, 3.63) is 54.2 Å². The molecule has 24 heavy (non-hydrogen) atoms. The van der Waals surface area contributed by atoms with E-state index in [2.05, 4.69) is 20.2 Å². The number of aromatic amines is 1. The number of rotatable bonds is 2. The van der Waals surface area contributed by atoms with Crippen LogP contribution >= 0.6 is 0 Å². The van der Waals surface area contributed by atoms with E-state index < -0.39 is 5.41 Å². The molecule has 1 aromatic carbocycles. The first kappa shape index (κ1) is 14.6. The number of aryl methyl sites for hydroxylation is 1. The van der Waals surface area contributed by atoms with Crippen LogP contribution in [0.5, 0.6) is 0 Å². The number of carbonyl (C=O) groups excluding carboxylic acids is 1. The number of aromatic nitrogens is 4. The van der Waals surface area contributed by atoms with Crippen molar-refractivity contribution in [3.63, 3.8) is 0 Å². The third-order valence-electron chi connectivity index (χ3n) is 4.49. The summed E-state index contributed by atoms with van der Waals surface area (Å²) in [6.45, 7) is 5.74. The minimum absolute atomic E-state index is 0.0269. The second-order valence-electron chi connectivity index (χ2n) is 6.46. The molecule has 1 aliphatic heterocycles. The summed E-state index contributed by atoms with van der Waals surface area (Å²) in [5.41, 5.74) is 3.18. The first-order valence-corrected chi connectivity index (χ1v) is 7.76. The lowest BCUT2D eigenvalue weighted by molar-refractivity contribution is -0.121. The Hall–Kier alpha value is -3.02. The van der Waals surface area contributed by atoms with Crippen LogP contribution in [0.2, 0.25) is 0 Å². The number of hydrogen-bond acceptors (Lipinski definition) is 4. The van der Waals surface area contributed by atoms with Gasteiger partial charge in [0.25, 0.3) is 0 Å². The SMILES string of the molecule is Cc1ncc(-c2ccc3c(c2)N(c2ccn[nH]2)C(=O)C3(C)C)cn1. The van der Waals surface area contributed by atoms with Crippen LogP contribution in [0.15, 0.2) is 42.9 Å². The Balaban J connectivity index is 1.88. The first-order valence-electron chi connectivity index (χ1n) is 7.76. The molecule has 3 heterocycles. The van der Waals surface area contributed by atoms with Crippen molar-refractivity contribution in [1.82, 2.24) is 20.2 Å². The van der Waals surface area contributed by atoms with Gasteiger partial charge in [-0.3, -0.25) is 14.8 Å². The van der Waals surface area contributed by atoms with E-state index in [1.807, 2.05) is 39.0 Å². The van der Waals surface area contributed by atoms with E-state index in [1.54, 1.807) is 29.6 Å². The highest BCUT2D eigenvalue weighted by Crippen LogP contribution is 2.46. The Morgan fingerprint density at radius 2 is 1.83 bits per heavy atom. The van der Waals surface area contributed by atoms with Gasteiger partial charge in [-0.05, 0) is 38.0 Å². The Labute approximate surface area is 139 Å². The van der Waals surface area contributed by atoms with Crippen LogP contribution in [0.4, 0.5) is 11.5 Å². The number of benzene rings is 1. The van der Waals surface area contributed by atoms with Gasteiger partial charge in [0.1, 0.15) is 11.6 Å². The number of nitrogens with one attached hydrogen (secondary N) is 1. The third kappa shape index (κ3) is 2.03. The predicted octanol–water partition coefficient (Wildman–Crippen LogP) is 3.13. The monoisotopic (exact) mass is 319 g/mol. The van der Waals surface area contributed by atoms with E-state index in [4.69, 9.17) is 0 Å². The van der Waals surface area contributed by atoms with Gasteiger partial charge in [0.15, 0.2) is 0 Å². The highest BCUT2D eigenvalue weighted by molar-refractivity contribution is 6.12. The van der Waals surface area contributed by atoms with Gasteiger partial charge in [-0.2, -0.15) is 5.10 Å². The molecule has 1 N–H and O–H groups in total. The summed E-state index contributed by atoms with van der Waals surface area (Å²) in [5.74, 6) is 1.43. The molecule has 0 saturated heterocycles. The zero-order valence-corrected chi connectivity index (χ0v) is 13.7. The fourth-order valence-electron chi connectivity index (χ4n) is 3.08. The van der Waals surface area contributed by atoms with E-state index in [1.165, 1.54) is 0 Å². The minimum Gasteiger partial charge on any atom is -0.273 e. The van der Waals surface area contributed by atoms with Crippen LogP contribution in [0.1, 0.15) is 25.2 Å². The number of anilines is 2. The molecule has 2 aromatic heterocycles. The van der Waals surface area contributed by atoms with Gasteiger partial charge < -0.3 is 0 Å². The molecule has 0 unspecified atom stereocenters. The third-order valence-corrected chi connectivity index (χ3v) is 4.49. The van der Waals surface area contributed by atoms with Crippen LogP contribution < -0.4 is 4.90 Å². The van der Waals surface area contributed by atoms with Gasteiger partial charge in [0.05, 0.1) is 17.3 Å². The van der Waals surface area contributed by atoms with E-state index >= 15 is 0 Å². The lowest BCUT2D eigenvalue weighted by atomic mass is 9.85. The predicted molar refractivity (Wildman–Crippen MR) is 91.0 cm³/mol. The second kappa shape index (κ2) is 4.99. The highest BCUT2D eigenvalue weighted by Gasteiger charge is 2.45. The Morgan fingerprint density at radius 1 is 1.08 bits per heavy atom. The fourth-order valence-corrected chi connectivity index (χ4v) is 3.08. The molecule has 0 spiro atoms. The summed E-state index contributed by atoms with van der Waals surface area (Å²) in [5, 5.41) is 6.86. The molecule has 120 valence electrons. The average molecular weight is 319 g/mol. The van der Waals surface area contributed by atoms with Crippen LogP contribution in [0, 0.1) is 6.92 Å². The normalized spacial score (nSPS) is 15.6. The fraction of sp³-hybridized carbons (Fsp3) is 0.222. The quantitative estimate of drug-likeness (QED) is 0.787. The van der Waals surface area contributed by atoms with Crippen LogP contribution in [-0.4, -0.2) is 26.1 Å². The topological polar surface area (TPSA) is 74.8 Å². The van der Waals surface area contributed by atoms with Gasteiger partial charge in [-0.25, -0.2) is 9.97 Å². The summed E-state index contributed by atoms with van der Waals surface area (Å²) in [6.07, 6.45) is 5.24. The lowest BCUT2D eigenvalue weighted by Crippen LogP contribution is -2.33. The number of carbonyl (C=O) groups is 1. The Morgan fingerprint density at radius 3 is 2.50 bits per heavy atom. The molecule has 1 amide bonds. The maximum absolute atomic E-state index is 12.9. The van der Waals surface area contributed by atoms with Crippen molar-refractivity contribution < 1.29 is 4.79 Å². The number of H-pyrrole nitrogens is 1. The summed E-state index contributed by atoms with van der Waals surface area (Å²) >= 11 is 0. The van der Waals surface area contributed by atoms with Gasteiger partial charge >= 0.3 is 0 Å². The highest BCUT2D eigenvalue weighted by atomic mass is 16.2. The maximum atomic E-state index is 12.9. The van der Waals surface area contributed by atoms with Crippen molar-refractivity contribution in [3.8, 4) is 11.1 Å².